The van der Waals surface area contributed by atoms with Crippen LogP contribution in [-0.4, -0.2) is 43.1 Å². The normalized spacial score (nSPS) is 18.1. The smallest absolute Gasteiger partial charge is 0.324 e. The molecule has 3 aromatic rings. The Bertz CT molecular complexity index is 1140. The van der Waals surface area contributed by atoms with E-state index in [9.17, 15) is 13.6 Å². The maximum atomic E-state index is 13.6. The maximum Gasteiger partial charge on any atom is 0.330 e. The second-order valence-electron chi connectivity index (χ2n) is 8.23. The van der Waals surface area contributed by atoms with Gasteiger partial charge in [-0.15, -0.1) is 0 Å². The second-order valence-corrected chi connectivity index (χ2v) is 12.6. The van der Waals surface area contributed by atoms with Crippen LogP contribution in [0.4, 0.5) is 20.4 Å². The number of imidazole rings is 1. The number of nitrogens with one attached hydrogen (secondary N) is 1. The van der Waals surface area contributed by atoms with Gasteiger partial charge in [-0.2, -0.15) is 4.98 Å². The second kappa shape index (κ2) is 7.12. The Kier molecular flexibility index (Phi) is 4.88. The molecule has 0 amide bonds. The predicted molar refractivity (Wildman–Crippen MR) is 115 cm³/mol. The van der Waals surface area contributed by atoms with Crippen molar-refractivity contribution in [2.45, 2.75) is 25.8 Å². The molecule has 156 valence electrons. The summed E-state index contributed by atoms with van der Waals surface area (Å²) >= 11 is 0. The highest BCUT2D eigenvalue weighted by Crippen LogP contribution is 2.47. The Morgan fingerprint density at radius 1 is 1.17 bits per heavy atom. The average molecular weight is 422 g/mol. The molecule has 0 aliphatic carbocycles. The van der Waals surface area contributed by atoms with Crippen molar-refractivity contribution in [2.24, 2.45) is 7.05 Å². The molecule has 1 aromatic carbocycles. The minimum Gasteiger partial charge on any atom is -0.324 e. The van der Waals surface area contributed by atoms with Crippen LogP contribution in [0.3, 0.4) is 0 Å². The fourth-order valence-corrected chi connectivity index (χ4v) is 5.87. The highest BCUT2D eigenvalue weighted by atomic mass is 32.3. The van der Waals surface area contributed by atoms with Crippen molar-refractivity contribution in [3.63, 3.8) is 0 Å². The SMILES string of the molecule is Cc1cc(F)c(F)cc1Nc1ncc2c(n1)n(C1CCS(C)(C)CC1)c(=O)n2C. The summed E-state index contributed by atoms with van der Waals surface area (Å²) in [5.41, 5.74) is 2.04. The van der Waals surface area contributed by atoms with Gasteiger partial charge in [0.15, 0.2) is 17.3 Å². The zero-order valence-electron chi connectivity index (χ0n) is 17.0. The molecule has 0 radical (unpaired) electrons. The molecule has 1 fully saturated rings. The van der Waals surface area contributed by atoms with Crippen LogP contribution in [0, 0.1) is 18.6 Å². The summed E-state index contributed by atoms with van der Waals surface area (Å²) in [6.07, 6.45) is 8.18. The van der Waals surface area contributed by atoms with Crippen LogP contribution in [0.1, 0.15) is 24.4 Å². The molecule has 0 saturated carbocycles. The number of hydrogen-bond acceptors (Lipinski definition) is 4. The van der Waals surface area contributed by atoms with Crippen LogP contribution in [0.5, 0.6) is 0 Å². The van der Waals surface area contributed by atoms with Crippen molar-refractivity contribution in [3.05, 3.63) is 46.0 Å². The fraction of sp³-hybridized carbons (Fsp3) is 0.450. The lowest BCUT2D eigenvalue weighted by Gasteiger charge is -2.39. The Morgan fingerprint density at radius 3 is 2.52 bits per heavy atom. The topological polar surface area (TPSA) is 64.7 Å². The molecule has 1 N–H and O–H groups in total. The molecule has 6 nitrogen and oxygen atoms in total. The fourth-order valence-electron chi connectivity index (χ4n) is 3.84. The Labute approximate surface area is 169 Å². The van der Waals surface area contributed by atoms with Crippen LogP contribution in [0.15, 0.2) is 23.1 Å². The van der Waals surface area contributed by atoms with Gasteiger partial charge in [0.1, 0.15) is 5.52 Å². The number of halogens is 2. The Balaban J connectivity index is 1.74. The standard InChI is InChI=1S/C20H25F2N5OS/c1-12-9-14(21)15(22)10-16(12)24-19-23-11-17-18(25-19)27(20(28)26(17)2)13-5-7-29(3,4)8-6-13/h9-11,13H,5-8H2,1-4H3,(H,23,24,25). The van der Waals surface area contributed by atoms with Gasteiger partial charge in [0, 0.05) is 24.8 Å². The number of aryl methyl sites for hydroxylation is 2. The number of nitrogens with zero attached hydrogens (tertiary/aromatic N) is 4. The first-order chi connectivity index (χ1) is 13.7. The van der Waals surface area contributed by atoms with Gasteiger partial charge in [-0.3, -0.25) is 9.13 Å². The monoisotopic (exact) mass is 421 g/mol. The number of fused-ring (bicyclic) bond motifs is 1. The molecule has 29 heavy (non-hydrogen) atoms. The molecule has 9 heteroatoms. The molecule has 1 aliphatic heterocycles. The minimum atomic E-state index is -0.942. The lowest BCUT2D eigenvalue weighted by molar-refractivity contribution is 0.458. The van der Waals surface area contributed by atoms with Gasteiger partial charge < -0.3 is 5.32 Å². The summed E-state index contributed by atoms with van der Waals surface area (Å²) in [6.45, 7) is 1.67. The van der Waals surface area contributed by atoms with Gasteiger partial charge in [-0.1, -0.05) is 0 Å². The van der Waals surface area contributed by atoms with Crippen molar-refractivity contribution in [3.8, 4) is 0 Å². The third-order valence-corrected chi connectivity index (χ3v) is 8.40. The lowest BCUT2D eigenvalue weighted by Crippen LogP contribution is -2.31. The molecule has 1 aliphatic rings. The minimum absolute atomic E-state index is 0.102. The number of anilines is 2. The van der Waals surface area contributed by atoms with E-state index in [1.807, 2.05) is 0 Å². The molecule has 0 bridgehead atoms. The van der Waals surface area contributed by atoms with E-state index in [2.05, 4.69) is 27.8 Å². The summed E-state index contributed by atoms with van der Waals surface area (Å²) in [4.78, 5) is 21.7. The number of hydrogen-bond donors (Lipinski definition) is 1. The van der Waals surface area contributed by atoms with Crippen molar-refractivity contribution in [1.82, 2.24) is 19.1 Å². The zero-order valence-corrected chi connectivity index (χ0v) is 17.8. The summed E-state index contributed by atoms with van der Waals surface area (Å²) < 4.78 is 30.4. The van der Waals surface area contributed by atoms with Gasteiger partial charge in [-0.05, 0) is 55.4 Å². The first-order valence-corrected chi connectivity index (χ1v) is 12.3. The van der Waals surface area contributed by atoms with Crippen molar-refractivity contribution in [2.75, 3.05) is 29.3 Å². The van der Waals surface area contributed by atoms with Gasteiger partial charge >= 0.3 is 5.69 Å². The molecular weight excluding hydrogens is 396 g/mol. The number of aromatic nitrogens is 4. The largest absolute Gasteiger partial charge is 0.330 e. The summed E-state index contributed by atoms with van der Waals surface area (Å²) in [6, 6.07) is 2.32. The van der Waals surface area contributed by atoms with Gasteiger partial charge in [-0.25, -0.2) is 28.6 Å². The van der Waals surface area contributed by atoms with E-state index >= 15 is 0 Å². The van der Waals surface area contributed by atoms with Crippen molar-refractivity contribution < 1.29 is 8.78 Å². The van der Waals surface area contributed by atoms with Crippen molar-refractivity contribution >= 4 is 32.8 Å². The molecule has 2 aromatic heterocycles. The van der Waals surface area contributed by atoms with Crippen LogP contribution >= 0.6 is 10.0 Å². The first kappa shape index (κ1) is 19.9. The van der Waals surface area contributed by atoms with Gasteiger partial charge in [0.2, 0.25) is 5.95 Å². The predicted octanol–water partition coefficient (Wildman–Crippen LogP) is 3.86. The van der Waals surface area contributed by atoms with Gasteiger partial charge in [0.05, 0.1) is 6.20 Å². The Hall–Kier alpha value is -2.42. The molecular formula is C20H25F2N5OS. The zero-order chi connectivity index (χ0) is 20.9. The summed E-state index contributed by atoms with van der Waals surface area (Å²) in [5, 5.41) is 2.95. The number of rotatable bonds is 3. The molecule has 0 atom stereocenters. The Morgan fingerprint density at radius 2 is 1.83 bits per heavy atom. The molecule has 1 saturated heterocycles. The maximum absolute atomic E-state index is 13.6. The summed E-state index contributed by atoms with van der Waals surface area (Å²) in [7, 11) is 1.14. The van der Waals surface area contributed by atoms with E-state index in [0.29, 0.717) is 22.4 Å². The van der Waals surface area contributed by atoms with E-state index in [1.54, 1.807) is 29.3 Å². The molecule has 0 spiro atoms. The van der Waals surface area contributed by atoms with E-state index in [4.69, 9.17) is 0 Å². The average Bonchev–Trinajstić information content (AvgIpc) is 2.90. The third-order valence-electron chi connectivity index (χ3n) is 5.72. The highest BCUT2D eigenvalue weighted by molar-refractivity contribution is 8.32. The van der Waals surface area contributed by atoms with E-state index in [-0.39, 0.29) is 17.7 Å². The molecule has 4 rings (SSSR count). The van der Waals surface area contributed by atoms with Crippen LogP contribution in [0.25, 0.3) is 11.2 Å². The van der Waals surface area contributed by atoms with E-state index in [1.165, 1.54) is 0 Å². The van der Waals surface area contributed by atoms with Crippen LogP contribution < -0.4 is 11.0 Å². The van der Waals surface area contributed by atoms with E-state index in [0.717, 1.165) is 36.5 Å². The number of benzene rings is 1. The van der Waals surface area contributed by atoms with Crippen molar-refractivity contribution in [1.29, 1.82) is 0 Å². The quantitative estimate of drug-likeness (QED) is 0.698. The highest BCUT2D eigenvalue weighted by Gasteiger charge is 2.28. The molecule has 0 unspecified atom stereocenters. The van der Waals surface area contributed by atoms with E-state index < -0.39 is 21.7 Å². The third kappa shape index (κ3) is 3.63. The lowest BCUT2D eigenvalue weighted by atomic mass is 10.1. The molecule has 3 heterocycles. The first-order valence-electron chi connectivity index (χ1n) is 9.51. The summed E-state index contributed by atoms with van der Waals surface area (Å²) in [5.74, 6) is 0.662. The van der Waals surface area contributed by atoms with Gasteiger partial charge in [0.25, 0.3) is 0 Å². The van der Waals surface area contributed by atoms with Crippen LogP contribution in [0.2, 0.25) is 0 Å². The van der Waals surface area contributed by atoms with Crippen LogP contribution in [-0.2, 0) is 7.05 Å².